The predicted molar refractivity (Wildman–Crippen MR) is 84.7 cm³/mol. The quantitative estimate of drug-likeness (QED) is 0.691. The highest BCUT2D eigenvalue weighted by Gasteiger charge is 2.15. The molecule has 3 rings (SSSR count). The van der Waals surface area contributed by atoms with E-state index < -0.39 is 5.82 Å². The van der Waals surface area contributed by atoms with Crippen LogP contribution >= 0.6 is 22.6 Å². The van der Waals surface area contributed by atoms with E-state index in [1.165, 1.54) is 13.2 Å². The van der Waals surface area contributed by atoms with Gasteiger partial charge in [-0.1, -0.05) is 12.1 Å². The molecule has 1 heterocycles. The first-order chi connectivity index (χ1) is 9.61. The molecular weight excluding hydrogens is 372 g/mol. The number of anilines is 1. The second-order valence-electron chi connectivity index (χ2n) is 4.23. The number of methoxy groups -OCH3 is 1. The summed E-state index contributed by atoms with van der Waals surface area (Å²) in [5.41, 5.74) is 8.10. The first-order valence-corrected chi connectivity index (χ1v) is 6.96. The Morgan fingerprint density at radius 2 is 2.05 bits per heavy atom. The number of fused-ring (bicyclic) bond motifs is 1. The highest BCUT2D eigenvalue weighted by Crippen LogP contribution is 2.30. The Kier molecular flexibility index (Phi) is 3.25. The van der Waals surface area contributed by atoms with E-state index in [9.17, 15) is 4.39 Å². The third kappa shape index (κ3) is 2.00. The number of imidazole rings is 1. The Bertz CT molecular complexity index is 800. The maximum atomic E-state index is 13.7. The summed E-state index contributed by atoms with van der Waals surface area (Å²) in [6.45, 7) is 0. The summed E-state index contributed by atoms with van der Waals surface area (Å²) in [5.74, 6) is 0.0359. The average Bonchev–Trinajstić information content (AvgIpc) is 2.73. The number of nitrogens with two attached hydrogens (primary N) is 1. The van der Waals surface area contributed by atoms with E-state index in [-0.39, 0.29) is 5.75 Å². The van der Waals surface area contributed by atoms with Crippen molar-refractivity contribution >= 4 is 39.6 Å². The van der Waals surface area contributed by atoms with E-state index >= 15 is 0 Å². The molecule has 20 heavy (non-hydrogen) atoms. The molecule has 0 fully saturated rings. The van der Waals surface area contributed by atoms with Crippen LogP contribution in [0.3, 0.4) is 0 Å². The number of aromatic nitrogens is 2. The molecule has 2 aromatic carbocycles. The fraction of sp³-hybridized carbons (Fsp3) is 0.0714. The molecule has 0 aliphatic rings. The van der Waals surface area contributed by atoms with Crippen LogP contribution in [0.4, 0.5) is 10.3 Å². The van der Waals surface area contributed by atoms with E-state index in [1.54, 1.807) is 10.6 Å². The molecule has 3 aromatic rings. The number of hydrogen-bond acceptors (Lipinski definition) is 3. The molecule has 2 N–H and O–H groups in total. The van der Waals surface area contributed by atoms with Crippen molar-refractivity contribution in [3.8, 4) is 11.4 Å². The van der Waals surface area contributed by atoms with E-state index in [2.05, 4.69) is 27.6 Å². The Labute approximate surface area is 128 Å². The monoisotopic (exact) mass is 383 g/mol. The zero-order valence-corrected chi connectivity index (χ0v) is 12.8. The van der Waals surface area contributed by atoms with Gasteiger partial charge in [0.05, 0.1) is 23.8 Å². The van der Waals surface area contributed by atoms with Gasteiger partial charge in [-0.3, -0.25) is 4.57 Å². The van der Waals surface area contributed by atoms with Gasteiger partial charge in [0.15, 0.2) is 11.6 Å². The molecule has 6 heteroatoms. The van der Waals surface area contributed by atoms with Gasteiger partial charge < -0.3 is 10.5 Å². The van der Waals surface area contributed by atoms with Crippen LogP contribution in [-0.4, -0.2) is 16.7 Å². The van der Waals surface area contributed by atoms with Crippen molar-refractivity contribution in [2.75, 3.05) is 12.8 Å². The van der Waals surface area contributed by atoms with E-state index in [0.29, 0.717) is 17.0 Å². The lowest BCUT2D eigenvalue weighted by atomic mass is 10.2. The molecular formula is C14H11FIN3O. The van der Waals surface area contributed by atoms with Crippen LogP contribution in [-0.2, 0) is 0 Å². The summed E-state index contributed by atoms with van der Waals surface area (Å²) < 4.78 is 21.6. The minimum atomic E-state index is -0.451. The van der Waals surface area contributed by atoms with Crippen molar-refractivity contribution in [2.45, 2.75) is 0 Å². The molecule has 0 saturated carbocycles. The van der Waals surface area contributed by atoms with Crippen LogP contribution in [0.25, 0.3) is 16.7 Å². The smallest absolute Gasteiger partial charge is 0.205 e. The van der Waals surface area contributed by atoms with Gasteiger partial charge in [0.2, 0.25) is 5.95 Å². The minimum Gasteiger partial charge on any atom is -0.494 e. The van der Waals surface area contributed by atoms with Crippen molar-refractivity contribution in [1.29, 1.82) is 0 Å². The van der Waals surface area contributed by atoms with Crippen molar-refractivity contribution in [3.63, 3.8) is 0 Å². The molecule has 1 aromatic heterocycles. The van der Waals surface area contributed by atoms with Crippen LogP contribution in [0.15, 0.2) is 36.4 Å². The van der Waals surface area contributed by atoms with Crippen LogP contribution in [0, 0.1) is 9.39 Å². The number of nitrogens with zero attached hydrogens (tertiary/aromatic N) is 2. The molecule has 0 atom stereocenters. The van der Waals surface area contributed by atoms with E-state index in [0.717, 1.165) is 9.26 Å². The Balaban J connectivity index is 2.36. The summed E-state index contributed by atoms with van der Waals surface area (Å²) in [4.78, 5) is 4.21. The third-order valence-electron chi connectivity index (χ3n) is 3.05. The molecule has 0 radical (unpaired) electrons. The molecule has 0 saturated heterocycles. The van der Waals surface area contributed by atoms with Gasteiger partial charge >= 0.3 is 0 Å². The van der Waals surface area contributed by atoms with Crippen molar-refractivity contribution < 1.29 is 9.13 Å². The SMILES string of the molecule is COc1cc2c(cc1F)nc(N)n2-c1ccccc1I. The fourth-order valence-electron chi connectivity index (χ4n) is 2.14. The highest BCUT2D eigenvalue weighted by molar-refractivity contribution is 14.1. The molecule has 0 amide bonds. The largest absolute Gasteiger partial charge is 0.494 e. The Morgan fingerprint density at radius 3 is 2.75 bits per heavy atom. The Morgan fingerprint density at radius 1 is 1.30 bits per heavy atom. The van der Waals surface area contributed by atoms with Gasteiger partial charge in [0, 0.05) is 15.7 Å². The first-order valence-electron chi connectivity index (χ1n) is 5.88. The number of para-hydroxylation sites is 1. The molecule has 0 aliphatic carbocycles. The van der Waals surface area contributed by atoms with Crippen molar-refractivity contribution in [3.05, 3.63) is 45.8 Å². The number of halogens is 2. The van der Waals surface area contributed by atoms with Crippen molar-refractivity contribution in [2.24, 2.45) is 0 Å². The molecule has 0 spiro atoms. The normalized spacial score (nSPS) is 10.9. The third-order valence-corrected chi connectivity index (χ3v) is 3.96. The van der Waals surface area contributed by atoms with Gasteiger partial charge in [0.1, 0.15) is 0 Å². The number of benzene rings is 2. The van der Waals surface area contributed by atoms with Gasteiger partial charge in [-0.05, 0) is 34.7 Å². The van der Waals surface area contributed by atoms with Gasteiger partial charge in [0.25, 0.3) is 0 Å². The Hall–Kier alpha value is -1.83. The highest BCUT2D eigenvalue weighted by atomic mass is 127. The lowest BCUT2D eigenvalue weighted by Gasteiger charge is -2.09. The van der Waals surface area contributed by atoms with Gasteiger partial charge in [-0.15, -0.1) is 0 Å². The maximum Gasteiger partial charge on any atom is 0.205 e. The summed E-state index contributed by atoms with van der Waals surface area (Å²) in [7, 11) is 1.43. The molecule has 102 valence electrons. The van der Waals surface area contributed by atoms with E-state index in [1.807, 2.05) is 24.3 Å². The van der Waals surface area contributed by atoms with Gasteiger partial charge in [-0.25, -0.2) is 9.37 Å². The summed E-state index contributed by atoms with van der Waals surface area (Å²) in [6.07, 6.45) is 0. The van der Waals surface area contributed by atoms with Crippen LogP contribution in [0.1, 0.15) is 0 Å². The number of rotatable bonds is 2. The minimum absolute atomic E-state index is 0.171. The molecule has 0 bridgehead atoms. The predicted octanol–water partition coefficient (Wildman–Crippen LogP) is 3.36. The summed E-state index contributed by atoms with van der Waals surface area (Å²) in [6, 6.07) is 10.7. The molecule has 4 nitrogen and oxygen atoms in total. The van der Waals surface area contributed by atoms with Crippen molar-refractivity contribution in [1.82, 2.24) is 9.55 Å². The molecule has 0 aliphatic heterocycles. The average molecular weight is 383 g/mol. The van der Waals surface area contributed by atoms with Crippen LogP contribution in [0.5, 0.6) is 5.75 Å². The summed E-state index contributed by atoms with van der Waals surface area (Å²) in [5, 5.41) is 0. The lowest BCUT2D eigenvalue weighted by molar-refractivity contribution is 0.387. The van der Waals surface area contributed by atoms with Crippen LogP contribution < -0.4 is 10.5 Å². The molecule has 0 unspecified atom stereocenters. The number of ether oxygens (including phenoxy) is 1. The maximum absolute atomic E-state index is 13.7. The second kappa shape index (κ2) is 4.93. The first kappa shape index (κ1) is 13.2. The zero-order valence-electron chi connectivity index (χ0n) is 10.6. The summed E-state index contributed by atoms with van der Waals surface area (Å²) >= 11 is 2.23. The number of nitrogen functional groups attached to an aromatic ring is 1. The van der Waals surface area contributed by atoms with E-state index in [4.69, 9.17) is 10.5 Å². The zero-order chi connectivity index (χ0) is 14.3. The van der Waals surface area contributed by atoms with Crippen LogP contribution in [0.2, 0.25) is 0 Å². The lowest BCUT2D eigenvalue weighted by Crippen LogP contribution is -2.02. The standard InChI is InChI=1S/C14H11FIN3O/c1-20-13-7-12-10(6-8(13)15)18-14(17)19(12)11-5-3-2-4-9(11)16/h2-7H,1H3,(H2,17,18). The fourth-order valence-corrected chi connectivity index (χ4v) is 2.77. The topological polar surface area (TPSA) is 53.1 Å². The number of hydrogen-bond donors (Lipinski definition) is 1. The second-order valence-corrected chi connectivity index (χ2v) is 5.39. The van der Waals surface area contributed by atoms with Gasteiger partial charge in [-0.2, -0.15) is 0 Å².